The van der Waals surface area contributed by atoms with Crippen LogP contribution in [-0.2, 0) is 6.42 Å². The van der Waals surface area contributed by atoms with Crippen LogP contribution in [0.15, 0.2) is 24.3 Å². The van der Waals surface area contributed by atoms with E-state index in [0.29, 0.717) is 0 Å². The third-order valence-corrected chi connectivity index (χ3v) is 3.61. The first-order valence-corrected chi connectivity index (χ1v) is 5.99. The molecule has 1 nitrogen and oxygen atoms in total. The zero-order valence-electron chi connectivity index (χ0n) is 9.87. The second kappa shape index (κ2) is 4.80. The van der Waals surface area contributed by atoms with Gasteiger partial charge in [0.1, 0.15) is 0 Å². The van der Waals surface area contributed by atoms with E-state index in [1.165, 1.54) is 37.9 Å². The molecule has 2 rings (SSSR count). The smallest absolute Gasteiger partial charge is 0.00190 e. The quantitative estimate of drug-likeness (QED) is 0.714. The summed E-state index contributed by atoms with van der Waals surface area (Å²) in [5.74, 6) is 0.905. The maximum Gasteiger partial charge on any atom is -0.00190 e. The van der Waals surface area contributed by atoms with Crippen molar-refractivity contribution in [2.45, 2.75) is 26.2 Å². The summed E-state index contributed by atoms with van der Waals surface area (Å²) >= 11 is 0. The Morgan fingerprint density at radius 1 is 1.20 bits per heavy atom. The van der Waals surface area contributed by atoms with Gasteiger partial charge in [-0.15, -0.1) is 0 Å². The number of hydrogen-bond donors (Lipinski definition) is 0. The maximum atomic E-state index is 2.44. The molecule has 0 radical (unpaired) electrons. The fourth-order valence-corrected chi connectivity index (χ4v) is 2.42. The van der Waals surface area contributed by atoms with Gasteiger partial charge in [-0.05, 0) is 63.4 Å². The summed E-state index contributed by atoms with van der Waals surface area (Å²) in [4.78, 5) is 2.44. The number of aryl methyl sites for hydroxylation is 1. The van der Waals surface area contributed by atoms with Gasteiger partial charge in [-0.3, -0.25) is 0 Å². The van der Waals surface area contributed by atoms with E-state index in [4.69, 9.17) is 0 Å². The lowest BCUT2D eigenvalue weighted by atomic mass is 9.89. The standard InChI is InChI=1S/C14H21N/c1-12-5-3-4-6-14(12)11-13-7-9-15(2)10-8-13/h3-6,13H,7-11H2,1-2H3. The molecule has 15 heavy (non-hydrogen) atoms. The van der Waals surface area contributed by atoms with E-state index in [-0.39, 0.29) is 0 Å². The van der Waals surface area contributed by atoms with Crippen LogP contribution in [-0.4, -0.2) is 25.0 Å². The Labute approximate surface area is 93.1 Å². The Kier molecular flexibility index (Phi) is 3.42. The Hall–Kier alpha value is -0.820. The Bertz CT molecular complexity index is 311. The minimum Gasteiger partial charge on any atom is -0.306 e. The third-order valence-electron chi connectivity index (χ3n) is 3.61. The van der Waals surface area contributed by atoms with Gasteiger partial charge in [0.15, 0.2) is 0 Å². The van der Waals surface area contributed by atoms with Gasteiger partial charge < -0.3 is 4.90 Å². The largest absolute Gasteiger partial charge is 0.306 e. The van der Waals surface area contributed by atoms with Crippen LogP contribution in [0.2, 0.25) is 0 Å². The number of rotatable bonds is 2. The molecular weight excluding hydrogens is 182 g/mol. The number of likely N-dealkylation sites (tertiary alicyclic amines) is 1. The van der Waals surface area contributed by atoms with Crippen molar-refractivity contribution in [3.63, 3.8) is 0 Å². The predicted octanol–water partition coefficient (Wildman–Crippen LogP) is 2.88. The molecule has 1 aliphatic rings. The fraction of sp³-hybridized carbons (Fsp3) is 0.571. The first-order valence-electron chi connectivity index (χ1n) is 5.99. The van der Waals surface area contributed by atoms with Crippen LogP contribution in [0, 0.1) is 12.8 Å². The van der Waals surface area contributed by atoms with Gasteiger partial charge in [-0.25, -0.2) is 0 Å². The van der Waals surface area contributed by atoms with E-state index in [0.717, 1.165) is 5.92 Å². The van der Waals surface area contributed by atoms with E-state index in [2.05, 4.69) is 43.1 Å². The molecule has 1 saturated heterocycles. The summed E-state index contributed by atoms with van der Waals surface area (Å²) in [6.45, 7) is 4.78. The molecule has 0 spiro atoms. The zero-order chi connectivity index (χ0) is 10.7. The summed E-state index contributed by atoms with van der Waals surface area (Å²) in [6.07, 6.45) is 4.01. The normalized spacial score (nSPS) is 19.3. The highest BCUT2D eigenvalue weighted by Gasteiger charge is 2.17. The van der Waals surface area contributed by atoms with E-state index in [1.807, 2.05) is 0 Å². The molecule has 1 aromatic carbocycles. The van der Waals surface area contributed by atoms with Crippen molar-refractivity contribution in [3.8, 4) is 0 Å². The summed E-state index contributed by atoms with van der Waals surface area (Å²) in [5.41, 5.74) is 3.00. The van der Waals surface area contributed by atoms with Crippen molar-refractivity contribution in [1.82, 2.24) is 4.90 Å². The highest BCUT2D eigenvalue weighted by atomic mass is 15.1. The van der Waals surface area contributed by atoms with Crippen molar-refractivity contribution in [3.05, 3.63) is 35.4 Å². The molecule has 1 fully saturated rings. The summed E-state index contributed by atoms with van der Waals surface area (Å²) < 4.78 is 0. The topological polar surface area (TPSA) is 3.24 Å². The monoisotopic (exact) mass is 203 g/mol. The Morgan fingerprint density at radius 3 is 2.53 bits per heavy atom. The molecule has 0 aromatic heterocycles. The van der Waals surface area contributed by atoms with Crippen molar-refractivity contribution < 1.29 is 0 Å². The Morgan fingerprint density at radius 2 is 1.87 bits per heavy atom. The lowest BCUT2D eigenvalue weighted by Crippen LogP contribution is -2.31. The molecule has 0 aliphatic carbocycles. The van der Waals surface area contributed by atoms with E-state index in [9.17, 15) is 0 Å². The molecule has 0 bridgehead atoms. The minimum absolute atomic E-state index is 0.905. The van der Waals surface area contributed by atoms with Crippen molar-refractivity contribution in [1.29, 1.82) is 0 Å². The maximum absolute atomic E-state index is 2.44. The van der Waals surface area contributed by atoms with E-state index < -0.39 is 0 Å². The Balaban J connectivity index is 1.95. The molecule has 1 aliphatic heterocycles. The molecular formula is C14H21N. The van der Waals surface area contributed by atoms with E-state index >= 15 is 0 Å². The van der Waals surface area contributed by atoms with E-state index in [1.54, 1.807) is 5.56 Å². The average Bonchev–Trinajstić information content (AvgIpc) is 2.25. The van der Waals surface area contributed by atoms with Crippen LogP contribution in [0.25, 0.3) is 0 Å². The molecule has 0 amide bonds. The lowest BCUT2D eigenvalue weighted by Gasteiger charge is -2.29. The second-order valence-electron chi connectivity index (χ2n) is 4.88. The minimum atomic E-state index is 0.905. The SMILES string of the molecule is Cc1ccccc1CC1CCN(C)CC1. The first-order chi connectivity index (χ1) is 7.25. The number of piperidine rings is 1. The van der Waals surface area contributed by atoms with Crippen LogP contribution < -0.4 is 0 Å². The van der Waals surface area contributed by atoms with Crippen LogP contribution in [0.4, 0.5) is 0 Å². The fourth-order valence-electron chi connectivity index (χ4n) is 2.42. The van der Waals surface area contributed by atoms with Gasteiger partial charge in [0.25, 0.3) is 0 Å². The van der Waals surface area contributed by atoms with Gasteiger partial charge in [-0.2, -0.15) is 0 Å². The molecule has 0 N–H and O–H groups in total. The first kappa shape index (κ1) is 10.7. The van der Waals surface area contributed by atoms with Gasteiger partial charge >= 0.3 is 0 Å². The lowest BCUT2D eigenvalue weighted by molar-refractivity contribution is 0.219. The number of hydrogen-bond acceptors (Lipinski definition) is 1. The summed E-state index contributed by atoms with van der Waals surface area (Å²) in [5, 5.41) is 0. The molecule has 0 unspecified atom stereocenters. The van der Waals surface area contributed by atoms with Gasteiger partial charge in [0, 0.05) is 0 Å². The second-order valence-corrected chi connectivity index (χ2v) is 4.88. The number of nitrogens with zero attached hydrogens (tertiary/aromatic N) is 1. The molecule has 1 heteroatoms. The van der Waals surface area contributed by atoms with Crippen LogP contribution in [0.5, 0.6) is 0 Å². The molecule has 82 valence electrons. The van der Waals surface area contributed by atoms with Crippen molar-refractivity contribution in [2.24, 2.45) is 5.92 Å². The summed E-state index contributed by atoms with van der Waals surface area (Å²) in [7, 11) is 2.23. The molecule has 0 atom stereocenters. The average molecular weight is 203 g/mol. The van der Waals surface area contributed by atoms with Crippen LogP contribution in [0.1, 0.15) is 24.0 Å². The third kappa shape index (κ3) is 2.82. The molecule has 1 aromatic rings. The number of benzene rings is 1. The molecule has 0 saturated carbocycles. The highest BCUT2D eigenvalue weighted by molar-refractivity contribution is 5.25. The zero-order valence-corrected chi connectivity index (χ0v) is 9.87. The van der Waals surface area contributed by atoms with Gasteiger partial charge in [-0.1, -0.05) is 24.3 Å². The van der Waals surface area contributed by atoms with Crippen molar-refractivity contribution >= 4 is 0 Å². The molecule has 1 heterocycles. The van der Waals surface area contributed by atoms with Crippen molar-refractivity contribution in [2.75, 3.05) is 20.1 Å². The highest BCUT2D eigenvalue weighted by Crippen LogP contribution is 2.22. The predicted molar refractivity (Wildman–Crippen MR) is 65.1 cm³/mol. The van der Waals surface area contributed by atoms with Crippen LogP contribution >= 0.6 is 0 Å². The van der Waals surface area contributed by atoms with Gasteiger partial charge in [0.2, 0.25) is 0 Å². The van der Waals surface area contributed by atoms with Crippen LogP contribution in [0.3, 0.4) is 0 Å². The van der Waals surface area contributed by atoms with Gasteiger partial charge in [0.05, 0.1) is 0 Å². The summed E-state index contributed by atoms with van der Waals surface area (Å²) in [6, 6.07) is 8.81.